The lowest BCUT2D eigenvalue weighted by Crippen LogP contribution is -2.43. The summed E-state index contributed by atoms with van der Waals surface area (Å²) in [6.45, 7) is 7.30. The number of imide groups is 1. The van der Waals surface area contributed by atoms with Gasteiger partial charge in [-0.1, -0.05) is 45.0 Å². The lowest BCUT2D eigenvalue weighted by Gasteiger charge is -2.27. The Morgan fingerprint density at radius 2 is 1.83 bits per heavy atom. The molecule has 0 fully saturated rings. The van der Waals surface area contributed by atoms with Gasteiger partial charge in [-0.05, 0) is 34.9 Å². The van der Waals surface area contributed by atoms with E-state index in [1.54, 1.807) is 7.11 Å². The van der Waals surface area contributed by atoms with E-state index in [1.165, 1.54) is 11.8 Å². The van der Waals surface area contributed by atoms with Crippen LogP contribution in [-0.4, -0.2) is 30.4 Å². The van der Waals surface area contributed by atoms with Crippen molar-refractivity contribution >= 4 is 22.6 Å². The molecule has 4 nitrogen and oxygen atoms in total. The average molecular weight is 327 g/mol. The van der Waals surface area contributed by atoms with Crippen LogP contribution in [-0.2, 0) is 16.0 Å². The third kappa shape index (κ3) is 3.94. The average Bonchev–Trinajstić information content (AvgIpc) is 2.53. The Morgan fingerprint density at radius 3 is 2.42 bits per heavy atom. The van der Waals surface area contributed by atoms with Crippen LogP contribution < -0.4 is 4.74 Å². The summed E-state index contributed by atoms with van der Waals surface area (Å²) in [6, 6.07) is 12.0. The van der Waals surface area contributed by atoms with E-state index in [2.05, 4.69) is 0 Å². The number of hydrogen-bond acceptors (Lipinski definition) is 3. The molecule has 24 heavy (non-hydrogen) atoms. The summed E-state index contributed by atoms with van der Waals surface area (Å²) in [5.74, 6) is 0.435. The third-order valence-electron chi connectivity index (χ3n) is 4.05. The standard InChI is InChI=1S/C20H25NO3/c1-14(22)21(19(23)20(2,3)4)12-11-16-8-6-7-15-9-10-17(24-5)13-18(15)16/h6-10,13H,11-12H2,1-5H3. The van der Waals surface area contributed by atoms with Gasteiger partial charge < -0.3 is 4.74 Å². The minimum atomic E-state index is -0.576. The Hall–Kier alpha value is -2.36. The van der Waals surface area contributed by atoms with Crippen LogP contribution >= 0.6 is 0 Å². The fourth-order valence-corrected chi connectivity index (χ4v) is 2.70. The van der Waals surface area contributed by atoms with Crippen LogP contribution in [0.4, 0.5) is 0 Å². The van der Waals surface area contributed by atoms with E-state index in [1.807, 2.05) is 57.2 Å². The Balaban J connectivity index is 2.28. The molecule has 0 aromatic heterocycles. The van der Waals surface area contributed by atoms with Crippen LogP contribution in [0.3, 0.4) is 0 Å². The Labute approximate surface area is 143 Å². The summed E-state index contributed by atoms with van der Waals surface area (Å²) in [7, 11) is 1.64. The molecule has 0 heterocycles. The molecule has 0 atom stereocenters. The summed E-state index contributed by atoms with van der Waals surface area (Å²) < 4.78 is 5.31. The smallest absolute Gasteiger partial charge is 0.234 e. The van der Waals surface area contributed by atoms with E-state index in [9.17, 15) is 9.59 Å². The molecule has 0 saturated heterocycles. The Kier molecular flexibility index (Phi) is 5.27. The van der Waals surface area contributed by atoms with Gasteiger partial charge in [0.2, 0.25) is 11.8 Å². The first-order valence-electron chi connectivity index (χ1n) is 8.12. The normalized spacial score (nSPS) is 11.4. The minimum Gasteiger partial charge on any atom is -0.497 e. The van der Waals surface area contributed by atoms with E-state index in [0.29, 0.717) is 13.0 Å². The second-order valence-electron chi connectivity index (χ2n) is 6.98. The first kappa shape index (κ1) is 18.0. The van der Waals surface area contributed by atoms with Crippen molar-refractivity contribution in [2.75, 3.05) is 13.7 Å². The lowest BCUT2D eigenvalue weighted by atomic mass is 9.94. The van der Waals surface area contributed by atoms with Gasteiger partial charge in [0.15, 0.2) is 0 Å². The summed E-state index contributed by atoms with van der Waals surface area (Å²) >= 11 is 0. The van der Waals surface area contributed by atoms with Gasteiger partial charge in [-0.2, -0.15) is 0 Å². The van der Waals surface area contributed by atoms with E-state index < -0.39 is 5.41 Å². The predicted octanol–water partition coefficient (Wildman–Crippen LogP) is 3.81. The SMILES string of the molecule is COc1ccc2cccc(CCN(C(C)=O)C(=O)C(C)(C)C)c2c1. The molecule has 0 radical (unpaired) electrons. The van der Waals surface area contributed by atoms with Gasteiger partial charge in [0.05, 0.1) is 7.11 Å². The van der Waals surface area contributed by atoms with Gasteiger partial charge in [0, 0.05) is 18.9 Å². The second kappa shape index (κ2) is 7.04. The number of amides is 2. The van der Waals surface area contributed by atoms with Gasteiger partial charge >= 0.3 is 0 Å². The first-order chi connectivity index (χ1) is 11.2. The molecule has 0 saturated carbocycles. The first-order valence-corrected chi connectivity index (χ1v) is 8.12. The van der Waals surface area contributed by atoms with Gasteiger partial charge in [-0.25, -0.2) is 0 Å². The molecule has 0 spiro atoms. The molecule has 2 rings (SSSR count). The number of carbonyl (C=O) groups excluding carboxylic acids is 2. The van der Waals surface area contributed by atoms with E-state index >= 15 is 0 Å². The number of nitrogens with zero attached hydrogens (tertiary/aromatic N) is 1. The summed E-state index contributed by atoms with van der Waals surface area (Å²) in [4.78, 5) is 25.7. The van der Waals surface area contributed by atoms with Crippen molar-refractivity contribution in [2.45, 2.75) is 34.1 Å². The number of hydrogen-bond donors (Lipinski definition) is 0. The number of carbonyl (C=O) groups is 2. The zero-order chi connectivity index (χ0) is 17.9. The summed E-state index contributed by atoms with van der Waals surface area (Å²) in [5.41, 5.74) is 0.521. The van der Waals surface area contributed by atoms with Crippen molar-refractivity contribution in [1.29, 1.82) is 0 Å². The van der Waals surface area contributed by atoms with Crippen LogP contribution in [0.1, 0.15) is 33.3 Å². The molecule has 0 aliphatic rings. The van der Waals surface area contributed by atoms with Gasteiger partial charge in [0.1, 0.15) is 5.75 Å². The molecular weight excluding hydrogens is 302 g/mol. The molecule has 0 N–H and O–H groups in total. The number of rotatable bonds is 4. The zero-order valence-electron chi connectivity index (χ0n) is 15.1. The lowest BCUT2D eigenvalue weighted by molar-refractivity contribution is -0.149. The quantitative estimate of drug-likeness (QED) is 0.858. The second-order valence-corrected chi connectivity index (χ2v) is 6.98. The van der Waals surface area contributed by atoms with Crippen molar-refractivity contribution < 1.29 is 14.3 Å². The molecule has 4 heteroatoms. The number of benzene rings is 2. The molecule has 128 valence electrons. The maximum Gasteiger partial charge on any atom is 0.234 e. The maximum absolute atomic E-state index is 12.5. The highest BCUT2D eigenvalue weighted by Gasteiger charge is 2.29. The van der Waals surface area contributed by atoms with Crippen molar-refractivity contribution in [3.63, 3.8) is 0 Å². The topological polar surface area (TPSA) is 46.6 Å². The van der Waals surface area contributed by atoms with E-state index in [0.717, 1.165) is 22.1 Å². The van der Waals surface area contributed by atoms with Crippen LogP contribution in [0.15, 0.2) is 36.4 Å². The Bertz CT molecular complexity index is 759. The van der Waals surface area contributed by atoms with Crippen molar-refractivity contribution in [3.8, 4) is 5.75 Å². The van der Waals surface area contributed by atoms with Crippen molar-refractivity contribution in [2.24, 2.45) is 5.41 Å². The fraction of sp³-hybridized carbons (Fsp3) is 0.400. The Morgan fingerprint density at radius 1 is 1.12 bits per heavy atom. The molecule has 2 amide bonds. The molecular formula is C20H25NO3. The zero-order valence-corrected chi connectivity index (χ0v) is 15.1. The molecule has 2 aromatic rings. The highest BCUT2D eigenvalue weighted by molar-refractivity contribution is 5.96. The highest BCUT2D eigenvalue weighted by Crippen LogP contribution is 2.25. The fourth-order valence-electron chi connectivity index (χ4n) is 2.70. The van der Waals surface area contributed by atoms with Crippen molar-refractivity contribution in [1.82, 2.24) is 4.90 Å². The molecule has 0 unspecified atom stereocenters. The minimum absolute atomic E-state index is 0.146. The summed E-state index contributed by atoms with van der Waals surface area (Å²) in [5, 5.41) is 2.20. The summed E-state index contributed by atoms with van der Waals surface area (Å²) in [6.07, 6.45) is 0.617. The van der Waals surface area contributed by atoms with Crippen molar-refractivity contribution in [3.05, 3.63) is 42.0 Å². The predicted molar refractivity (Wildman–Crippen MR) is 96.1 cm³/mol. The van der Waals surface area contributed by atoms with Crippen LogP contribution in [0.2, 0.25) is 0 Å². The van der Waals surface area contributed by atoms with Crippen LogP contribution in [0.5, 0.6) is 5.75 Å². The van der Waals surface area contributed by atoms with Crippen LogP contribution in [0, 0.1) is 5.41 Å². The van der Waals surface area contributed by atoms with Crippen LogP contribution in [0.25, 0.3) is 10.8 Å². The van der Waals surface area contributed by atoms with Gasteiger partial charge in [-0.3, -0.25) is 14.5 Å². The maximum atomic E-state index is 12.5. The van der Waals surface area contributed by atoms with Gasteiger partial charge in [-0.15, -0.1) is 0 Å². The van der Waals surface area contributed by atoms with E-state index in [4.69, 9.17) is 4.74 Å². The highest BCUT2D eigenvalue weighted by atomic mass is 16.5. The monoisotopic (exact) mass is 327 g/mol. The molecule has 0 aliphatic heterocycles. The molecule has 2 aromatic carbocycles. The largest absolute Gasteiger partial charge is 0.497 e. The number of methoxy groups -OCH3 is 1. The number of ether oxygens (including phenoxy) is 1. The number of fused-ring (bicyclic) bond motifs is 1. The third-order valence-corrected chi connectivity index (χ3v) is 4.05. The molecule has 0 aliphatic carbocycles. The van der Waals surface area contributed by atoms with Gasteiger partial charge in [0.25, 0.3) is 0 Å². The van der Waals surface area contributed by atoms with E-state index in [-0.39, 0.29) is 11.8 Å². The molecule has 0 bridgehead atoms.